The van der Waals surface area contributed by atoms with E-state index >= 15 is 0 Å². The first-order chi connectivity index (χ1) is 9.05. The van der Waals surface area contributed by atoms with Crippen molar-refractivity contribution in [2.24, 2.45) is 11.7 Å². The van der Waals surface area contributed by atoms with Gasteiger partial charge in [0.05, 0.1) is 11.2 Å². The van der Waals surface area contributed by atoms with E-state index in [9.17, 15) is 0 Å². The highest BCUT2D eigenvalue weighted by Crippen LogP contribution is 2.16. The molecule has 3 heteroatoms. The van der Waals surface area contributed by atoms with E-state index in [0.717, 1.165) is 17.8 Å². The number of nitrogens with zero attached hydrogens (tertiary/aromatic N) is 1. The van der Waals surface area contributed by atoms with Gasteiger partial charge in [0.25, 0.3) is 0 Å². The van der Waals surface area contributed by atoms with Crippen LogP contribution in [0.4, 0.5) is 0 Å². The molecule has 0 aliphatic carbocycles. The topological polar surface area (TPSA) is 50.9 Å². The van der Waals surface area contributed by atoms with Crippen LogP contribution in [0.1, 0.15) is 26.5 Å². The summed E-state index contributed by atoms with van der Waals surface area (Å²) in [4.78, 5) is 4.67. The van der Waals surface area contributed by atoms with Crippen molar-refractivity contribution in [3.8, 4) is 0 Å². The second kappa shape index (κ2) is 5.68. The van der Waals surface area contributed by atoms with Crippen LogP contribution in [0.3, 0.4) is 0 Å². The maximum atomic E-state index is 5.88. The minimum atomic E-state index is -0.0483. The second-order valence-electron chi connectivity index (χ2n) is 5.63. The molecule has 102 valence electrons. The number of hydrogen-bond acceptors (Lipinski definition) is 3. The number of benzene rings is 1. The summed E-state index contributed by atoms with van der Waals surface area (Å²) in [5.41, 5.74) is 7.93. The van der Waals surface area contributed by atoms with E-state index in [4.69, 9.17) is 5.73 Å². The van der Waals surface area contributed by atoms with E-state index in [1.807, 2.05) is 18.2 Å². The number of aromatic nitrogens is 1. The summed E-state index contributed by atoms with van der Waals surface area (Å²) in [6.07, 6.45) is 0. The minimum absolute atomic E-state index is 0.0483. The van der Waals surface area contributed by atoms with Crippen LogP contribution in [0.2, 0.25) is 0 Å². The second-order valence-corrected chi connectivity index (χ2v) is 5.63. The van der Waals surface area contributed by atoms with E-state index in [1.54, 1.807) is 0 Å². The van der Waals surface area contributed by atoms with Crippen LogP contribution in [0.25, 0.3) is 10.9 Å². The van der Waals surface area contributed by atoms with Gasteiger partial charge < -0.3 is 11.1 Å². The van der Waals surface area contributed by atoms with Gasteiger partial charge in [-0.3, -0.25) is 4.98 Å². The van der Waals surface area contributed by atoms with E-state index in [-0.39, 0.29) is 5.54 Å². The summed E-state index contributed by atoms with van der Waals surface area (Å²) in [6, 6.07) is 12.4. The Morgan fingerprint density at radius 3 is 2.63 bits per heavy atom. The molecule has 0 fully saturated rings. The minimum Gasteiger partial charge on any atom is -0.329 e. The molecule has 0 aliphatic heterocycles. The summed E-state index contributed by atoms with van der Waals surface area (Å²) in [7, 11) is 0. The van der Waals surface area contributed by atoms with E-state index in [2.05, 4.69) is 49.3 Å². The highest BCUT2D eigenvalue weighted by molar-refractivity contribution is 5.78. The molecule has 1 unspecified atom stereocenters. The Balaban J connectivity index is 2.13. The lowest BCUT2D eigenvalue weighted by Crippen LogP contribution is -2.52. The van der Waals surface area contributed by atoms with Gasteiger partial charge in [0.15, 0.2) is 0 Å². The average Bonchev–Trinajstić information content (AvgIpc) is 2.44. The molecule has 2 aromatic rings. The van der Waals surface area contributed by atoms with Crippen molar-refractivity contribution in [2.75, 3.05) is 6.54 Å². The lowest BCUT2D eigenvalue weighted by Gasteiger charge is -2.33. The lowest BCUT2D eigenvalue weighted by molar-refractivity contribution is 0.266. The van der Waals surface area contributed by atoms with E-state index in [0.29, 0.717) is 12.5 Å². The summed E-state index contributed by atoms with van der Waals surface area (Å²) in [5.74, 6) is 0.484. The zero-order valence-electron chi connectivity index (χ0n) is 12.0. The average molecular weight is 257 g/mol. The molecule has 0 aliphatic rings. The molecule has 1 aromatic carbocycles. The molecule has 3 N–H and O–H groups in total. The molecule has 1 heterocycles. The molecule has 1 aromatic heterocycles. The zero-order chi connectivity index (χ0) is 13.9. The first-order valence-electron chi connectivity index (χ1n) is 6.85. The number of rotatable bonds is 5. The number of pyridine rings is 1. The van der Waals surface area contributed by atoms with Gasteiger partial charge in [-0.1, -0.05) is 38.1 Å². The molecule has 0 radical (unpaired) electrons. The Morgan fingerprint density at radius 2 is 1.95 bits per heavy atom. The molecular formula is C16H23N3. The Bertz CT molecular complexity index is 550. The number of hydrogen-bond donors (Lipinski definition) is 2. The third kappa shape index (κ3) is 3.11. The SMILES string of the molecule is CC(C)C(C)(CN)NCc1ccc2ccccc2n1. The number of fused-ring (bicyclic) bond motifs is 1. The molecule has 3 nitrogen and oxygen atoms in total. The zero-order valence-corrected chi connectivity index (χ0v) is 12.0. The smallest absolute Gasteiger partial charge is 0.0705 e. The van der Waals surface area contributed by atoms with Crippen LogP contribution >= 0.6 is 0 Å². The fourth-order valence-electron chi connectivity index (χ4n) is 2.01. The Labute approximate surface area is 115 Å². The third-order valence-corrected chi connectivity index (χ3v) is 4.03. The molecule has 2 rings (SSSR count). The summed E-state index contributed by atoms with van der Waals surface area (Å²) < 4.78 is 0. The van der Waals surface area contributed by atoms with Crippen LogP contribution in [-0.4, -0.2) is 17.1 Å². The first kappa shape index (κ1) is 14.0. The molecule has 0 bridgehead atoms. The predicted molar refractivity (Wildman–Crippen MR) is 80.9 cm³/mol. The molecule has 0 amide bonds. The van der Waals surface area contributed by atoms with Gasteiger partial charge in [0.1, 0.15) is 0 Å². The fraction of sp³-hybridized carbons (Fsp3) is 0.438. The summed E-state index contributed by atoms with van der Waals surface area (Å²) in [6.45, 7) is 7.91. The van der Waals surface area contributed by atoms with Gasteiger partial charge in [0, 0.05) is 24.0 Å². The van der Waals surface area contributed by atoms with Crippen LogP contribution in [-0.2, 0) is 6.54 Å². The molecule has 0 spiro atoms. The monoisotopic (exact) mass is 257 g/mol. The lowest BCUT2D eigenvalue weighted by atomic mass is 9.88. The quantitative estimate of drug-likeness (QED) is 0.866. The molecular weight excluding hydrogens is 234 g/mol. The maximum Gasteiger partial charge on any atom is 0.0705 e. The molecule has 0 saturated carbocycles. The number of nitrogens with one attached hydrogen (secondary N) is 1. The van der Waals surface area contributed by atoms with Crippen LogP contribution in [0.5, 0.6) is 0 Å². The van der Waals surface area contributed by atoms with E-state index < -0.39 is 0 Å². The summed E-state index contributed by atoms with van der Waals surface area (Å²) >= 11 is 0. The van der Waals surface area contributed by atoms with Gasteiger partial charge in [-0.15, -0.1) is 0 Å². The van der Waals surface area contributed by atoms with Crippen molar-refractivity contribution >= 4 is 10.9 Å². The van der Waals surface area contributed by atoms with Crippen molar-refractivity contribution in [2.45, 2.75) is 32.9 Å². The van der Waals surface area contributed by atoms with Crippen molar-refractivity contribution in [1.82, 2.24) is 10.3 Å². The van der Waals surface area contributed by atoms with Gasteiger partial charge in [0.2, 0.25) is 0 Å². The van der Waals surface area contributed by atoms with Gasteiger partial charge >= 0.3 is 0 Å². The fourth-order valence-corrected chi connectivity index (χ4v) is 2.01. The standard InChI is InChI=1S/C16H23N3/c1-12(2)16(3,11-17)18-10-14-9-8-13-6-4-5-7-15(13)19-14/h4-9,12,18H,10-11,17H2,1-3H3. The maximum absolute atomic E-state index is 5.88. The normalized spacial score (nSPS) is 14.8. The molecule has 1 atom stereocenters. The third-order valence-electron chi connectivity index (χ3n) is 4.03. The van der Waals surface area contributed by atoms with Crippen molar-refractivity contribution in [1.29, 1.82) is 0 Å². The van der Waals surface area contributed by atoms with Crippen molar-refractivity contribution in [3.05, 3.63) is 42.1 Å². The van der Waals surface area contributed by atoms with Gasteiger partial charge in [-0.05, 0) is 25.0 Å². The van der Waals surface area contributed by atoms with Gasteiger partial charge in [-0.2, -0.15) is 0 Å². The van der Waals surface area contributed by atoms with Crippen LogP contribution < -0.4 is 11.1 Å². The Kier molecular flexibility index (Phi) is 4.17. The van der Waals surface area contributed by atoms with Crippen LogP contribution in [0, 0.1) is 5.92 Å². The van der Waals surface area contributed by atoms with Gasteiger partial charge in [-0.25, -0.2) is 0 Å². The Morgan fingerprint density at radius 1 is 1.21 bits per heavy atom. The van der Waals surface area contributed by atoms with Crippen molar-refractivity contribution < 1.29 is 0 Å². The Hall–Kier alpha value is -1.45. The first-order valence-corrected chi connectivity index (χ1v) is 6.85. The van der Waals surface area contributed by atoms with Crippen molar-refractivity contribution in [3.63, 3.8) is 0 Å². The van der Waals surface area contributed by atoms with Crippen LogP contribution in [0.15, 0.2) is 36.4 Å². The highest BCUT2D eigenvalue weighted by Gasteiger charge is 2.25. The number of para-hydroxylation sites is 1. The van der Waals surface area contributed by atoms with E-state index in [1.165, 1.54) is 5.39 Å². The molecule has 0 saturated heterocycles. The predicted octanol–water partition coefficient (Wildman–Crippen LogP) is 2.70. The highest BCUT2D eigenvalue weighted by atomic mass is 15.0. The largest absolute Gasteiger partial charge is 0.329 e. The molecule has 19 heavy (non-hydrogen) atoms. The summed E-state index contributed by atoms with van der Waals surface area (Å²) in [5, 5.41) is 4.72. The number of nitrogens with two attached hydrogens (primary N) is 1.